The van der Waals surface area contributed by atoms with Gasteiger partial charge in [0.1, 0.15) is 11.4 Å². The minimum Gasteiger partial charge on any atom is -0.497 e. The highest BCUT2D eigenvalue weighted by atomic mass is 32.2. The van der Waals surface area contributed by atoms with Gasteiger partial charge in [0.05, 0.1) is 17.7 Å². The van der Waals surface area contributed by atoms with Crippen LogP contribution < -0.4 is 32.5 Å². The number of rotatable bonds is 14. The highest BCUT2D eigenvalue weighted by Crippen LogP contribution is 2.29. The third-order valence-electron chi connectivity index (χ3n) is 10.5. The zero-order chi connectivity index (χ0) is 42.8. The Morgan fingerprint density at radius 2 is 1.63 bits per heavy atom. The summed E-state index contributed by atoms with van der Waals surface area (Å²) in [4.78, 5) is 24.3. The number of hydrogen-bond donors (Lipinski definition) is 5. The molecule has 14 heteroatoms. The second-order valence-corrected chi connectivity index (χ2v) is 19.0. The molecule has 0 amide bonds. The number of ether oxygens (including phenoxy) is 1. The standard InChI is InChI=1S/C24H34N2O3S.C21H29N7O/c1-24(2,3)20-6-5-7-23(18-20)30(27,28)26(21-12-15-25-16-13-21)17-14-19-8-10-22(29-4)11-9-19;1-21(2,3)17-11-15-13-28(20(29)27-18(15)26-17)16-7-5-14(6-8-16)12-24-9-4-10-25-19(22)23/h5-11,18,21,25H,12-17H2,1-4H3;5-8,11,13,24H,4,9-10,12H2,1-3H3,(H4,22,23,25)(H,26,27,29). The zero-order valence-electron chi connectivity index (χ0n) is 35.7. The summed E-state index contributed by atoms with van der Waals surface area (Å²) >= 11 is 0. The fourth-order valence-corrected chi connectivity index (χ4v) is 8.62. The van der Waals surface area contributed by atoms with E-state index in [1.807, 2.05) is 72.9 Å². The van der Waals surface area contributed by atoms with Gasteiger partial charge in [0.15, 0.2) is 5.96 Å². The Morgan fingerprint density at radius 3 is 2.25 bits per heavy atom. The van der Waals surface area contributed by atoms with Crippen LogP contribution in [0.2, 0.25) is 0 Å². The van der Waals surface area contributed by atoms with Gasteiger partial charge in [-0.15, -0.1) is 0 Å². The molecule has 13 nitrogen and oxygen atoms in total. The highest BCUT2D eigenvalue weighted by Gasteiger charge is 2.33. The normalized spacial score (nSPS) is 13.9. The summed E-state index contributed by atoms with van der Waals surface area (Å²) in [5.41, 5.74) is 15.9. The number of H-pyrrole nitrogens is 1. The lowest BCUT2D eigenvalue weighted by Crippen LogP contribution is -2.46. The molecule has 5 aromatic rings. The summed E-state index contributed by atoms with van der Waals surface area (Å²) in [6.45, 7) is 17.0. The van der Waals surface area contributed by atoms with Crippen LogP contribution in [0.4, 0.5) is 0 Å². The Morgan fingerprint density at radius 1 is 0.949 bits per heavy atom. The molecule has 2 aromatic heterocycles. The van der Waals surface area contributed by atoms with Gasteiger partial charge in [-0.1, -0.05) is 77.9 Å². The van der Waals surface area contributed by atoms with Gasteiger partial charge in [0.2, 0.25) is 10.0 Å². The van der Waals surface area contributed by atoms with Crippen molar-refractivity contribution in [2.24, 2.45) is 16.5 Å². The first kappa shape index (κ1) is 45.1. The van der Waals surface area contributed by atoms with Gasteiger partial charge in [0.25, 0.3) is 0 Å². The maximum Gasteiger partial charge on any atom is 0.354 e. The van der Waals surface area contributed by atoms with Gasteiger partial charge in [-0.3, -0.25) is 9.56 Å². The van der Waals surface area contributed by atoms with E-state index in [9.17, 15) is 13.2 Å². The largest absolute Gasteiger partial charge is 0.497 e. The Hall–Kier alpha value is -5.02. The molecular formula is C45H63N9O4S. The van der Waals surface area contributed by atoms with Crippen molar-refractivity contribution in [1.82, 2.24) is 29.5 Å². The number of piperidine rings is 1. The molecule has 0 radical (unpaired) electrons. The first-order chi connectivity index (χ1) is 27.9. The number of guanidine groups is 1. The van der Waals surface area contributed by atoms with E-state index in [1.54, 1.807) is 22.0 Å². The van der Waals surface area contributed by atoms with Crippen LogP contribution in [0.3, 0.4) is 0 Å². The van der Waals surface area contributed by atoms with Crippen LogP contribution in [0.1, 0.15) is 83.2 Å². The van der Waals surface area contributed by atoms with Crippen LogP contribution in [0.15, 0.2) is 99.7 Å². The van der Waals surface area contributed by atoms with Gasteiger partial charge in [0, 0.05) is 48.4 Å². The predicted molar refractivity (Wildman–Crippen MR) is 239 cm³/mol. The average molecular weight is 826 g/mol. The maximum atomic E-state index is 13.7. The Balaban J connectivity index is 0.000000224. The van der Waals surface area contributed by atoms with Crippen molar-refractivity contribution in [3.63, 3.8) is 0 Å². The minimum absolute atomic E-state index is 0.0211. The molecule has 59 heavy (non-hydrogen) atoms. The van der Waals surface area contributed by atoms with E-state index in [-0.39, 0.29) is 28.5 Å². The van der Waals surface area contributed by atoms with Crippen molar-refractivity contribution in [2.45, 2.75) is 95.5 Å². The number of nitrogens with two attached hydrogens (primary N) is 2. The summed E-state index contributed by atoms with van der Waals surface area (Å²) in [7, 11) is -1.94. The average Bonchev–Trinajstić information content (AvgIpc) is 3.63. The smallest absolute Gasteiger partial charge is 0.354 e. The van der Waals surface area contributed by atoms with Gasteiger partial charge in [-0.25, -0.2) is 13.2 Å². The van der Waals surface area contributed by atoms with Crippen molar-refractivity contribution in [2.75, 3.05) is 39.8 Å². The first-order valence-electron chi connectivity index (χ1n) is 20.4. The summed E-state index contributed by atoms with van der Waals surface area (Å²) in [6, 6.07) is 25.2. The molecule has 1 aliphatic heterocycles. The van der Waals surface area contributed by atoms with Crippen LogP contribution in [-0.2, 0) is 33.8 Å². The lowest BCUT2D eigenvalue weighted by molar-refractivity contribution is 0.264. The van der Waals surface area contributed by atoms with Crippen molar-refractivity contribution in [1.29, 1.82) is 0 Å². The van der Waals surface area contributed by atoms with Crippen LogP contribution in [0.5, 0.6) is 5.75 Å². The number of sulfonamides is 1. The Kier molecular flexibility index (Phi) is 15.1. The second kappa shape index (κ2) is 19.8. The number of aromatic nitrogens is 3. The Labute approximate surface area is 349 Å². The van der Waals surface area contributed by atoms with E-state index in [4.69, 9.17) is 16.2 Å². The molecule has 6 rings (SSSR count). The molecule has 0 unspecified atom stereocenters. The van der Waals surface area contributed by atoms with E-state index in [1.165, 1.54) is 0 Å². The van der Waals surface area contributed by atoms with Crippen LogP contribution >= 0.6 is 0 Å². The van der Waals surface area contributed by atoms with Crippen molar-refractivity contribution in [3.8, 4) is 11.4 Å². The van der Waals surface area contributed by atoms with Crippen molar-refractivity contribution < 1.29 is 13.2 Å². The van der Waals surface area contributed by atoms with Gasteiger partial charge >= 0.3 is 5.69 Å². The van der Waals surface area contributed by atoms with Crippen LogP contribution in [0.25, 0.3) is 16.7 Å². The van der Waals surface area contributed by atoms with Gasteiger partial charge < -0.3 is 31.8 Å². The summed E-state index contributed by atoms with van der Waals surface area (Å²) in [6.07, 6.45) is 5.05. The molecule has 7 N–H and O–H groups in total. The lowest BCUT2D eigenvalue weighted by Gasteiger charge is -2.34. The number of benzene rings is 3. The number of methoxy groups -OCH3 is 1. The number of hydrogen-bond acceptors (Lipinski definition) is 8. The molecule has 3 aromatic carbocycles. The van der Waals surface area contributed by atoms with Crippen LogP contribution in [-0.4, -0.2) is 79.1 Å². The number of aromatic amines is 1. The van der Waals surface area contributed by atoms with E-state index in [0.717, 1.165) is 84.6 Å². The van der Waals surface area contributed by atoms with E-state index in [2.05, 4.69) is 73.2 Å². The number of nitrogens with one attached hydrogen (secondary N) is 3. The van der Waals surface area contributed by atoms with E-state index in [0.29, 0.717) is 30.1 Å². The molecule has 0 bridgehead atoms. The minimum atomic E-state index is -3.59. The van der Waals surface area contributed by atoms with Crippen molar-refractivity contribution in [3.05, 3.63) is 118 Å². The topological polar surface area (TPSA) is 186 Å². The molecule has 0 aliphatic carbocycles. The summed E-state index contributed by atoms with van der Waals surface area (Å²) in [5.74, 6) is 0.929. The third kappa shape index (κ3) is 12.5. The number of fused-ring (bicyclic) bond motifs is 1. The fourth-order valence-electron chi connectivity index (χ4n) is 6.89. The SMILES string of the molecule is CC(C)(C)c1cc2cn(-c3ccc(CNCCCN=C(N)N)cc3)c(=O)nc2[nH]1.COc1ccc(CCN(C2CCNCC2)S(=O)(=O)c2cccc(C(C)(C)C)c2)cc1. The first-order valence-corrected chi connectivity index (χ1v) is 21.8. The molecule has 0 spiro atoms. The molecule has 0 atom stereocenters. The molecule has 3 heterocycles. The Bertz CT molecular complexity index is 2310. The summed E-state index contributed by atoms with van der Waals surface area (Å²) < 4.78 is 36.0. The number of aliphatic imine (C=N–C) groups is 1. The predicted octanol–water partition coefficient (Wildman–Crippen LogP) is 5.74. The molecule has 1 fully saturated rings. The lowest BCUT2D eigenvalue weighted by atomic mass is 9.87. The molecule has 0 saturated carbocycles. The van der Waals surface area contributed by atoms with E-state index >= 15 is 0 Å². The zero-order valence-corrected chi connectivity index (χ0v) is 36.5. The molecular weight excluding hydrogens is 763 g/mol. The summed E-state index contributed by atoms with van der Waals surface area (Å²) in [5, 5.41) is 7.61. The van der Waals surface area contributed by atoms with Gasteiger partial charge in [-0.05, 0) is 110 Å². The van der Waals surface area contributed by atoms with Gasteiger partial charge in [-0.2, -0.15) is 9.29 Å². The molecule has 318 valence electrons. The highest BCUT2D eigenvalue weighted by molar-refractivity contribution is 7.89. The molecule has 1 saturated heterocycles. The quantitative estimate of drug-likeness (QED) is 0.0529. The fraction of sp³-hybridized carbons (Fsp3) is 0.444. The maximum absolute atomic E-state index is 13.7. The third-order valence-corrected chi connectivity index (χ3v) is 12.4. The second-order valence-electron chi connectivity index (χ2n) is 17.1. The van der Waals surface area contributed by atoms with Crippen LogP contribution in [0, 0.1) is 0 Å². The monoisotopic (exact) mass is 825 g/mol. The molecule has 1 aliphatic rings. The number of nitrogens with zero attached hydrogens (tertiary/aromatic N) is 4. The van der Waals surface area contributed by atoms with Crippen molar-refractivity contribution >= 4 is 27.0 Å². The van der Waals surface area contributed by atoms with E-state index < -0.39 is 10.0 Å².